The van der Waals surface area contributed by atoms with E-state index in [2.05, 4.69) is 9.97 Å². The quantitative estimate of drug-likeness (QED) is 0.837. The van der Waals surface area contributed by atoms with E-state index in [0.717, 1.165) is 17.2 Å². The Morgan fingerprint density at radius 1 is 1.33 bits per heavy atom. The fraction of sp³-hybridized carbons (Fsp3) is 0.154. The number of aryl methyl sites for hydroxylation is 1. The molecule has 0 aliphatic carbocycles. The van der Waals surface area contributed by atoms with Gasteiger partial charge in [0.15, 0.2) is 0 Å². The molecule has 0 atom stereocenters. The maximum absolute atomic E-state index is 10.8. The van der Waals surface area contributed by atoms with Crippen molar-refractivity contribution in [2.24, 2.45) is 0 Å². The van der Waals surface area contributed by atoms with Crippen LogP contribution in [0, 0.1) is 0 Å². The Bertz CT molecular complexity index is 532. The van der Waals surface area contributed by atoms with Crippen LogP contribution in [-0.2, 0) is 6.42 Å². The summed E-state index contributed by atoms with van der Waals surface area (Å²) >= 11 is 1.54. The third-order valence-electron chi connectivity index (χ3n) is 2.35. The number of hydrogen-bond acceptors (Lipinski definition) is 4. The molecule has 0 radical (unpaired) electrons. The molecule has 2 aromatic heterocycles. The summed E-state index contributed by atoms with van der Waals surface area (Å²) in [5.41, 5.74) is 1.44. The van der Waals surface area contributed by atoms with Gasteiger partial charge in [0.05, 0.1) is 10.6 Å². The molecule has 0 aliphatic heterocycles. The van der Waals surface area contributed by atoms with Crippen LogP contribution in [0.4, 0.5) is 0 Å². The summed E-state index contributed by atoms with van der Waals surface area (Å²) in [6, 6.07) is 7.02. The van der Waals surface area contributed by atoms with Gasteiger partial charge < -0.3 is 5.11 Å². The van der Waals surface area contributed by atoms with E-state index in [1.165, 1.54) is 17.8 Å². The molecule has 1 N–H and O–H groups in total. The van der Waals surface area contributed by atoms with E-state index < -0.39 is 5.97 Å². The van der Waals surface area contributed by atoms with Gasteiger partial charge in [-0.25, -0.2) is 9.78 Å². The van der Waals surface area contributed by atoms with Gasteiger partial charge in [0.2, 0.25) is 0 Å². The van der Waals surface area contributed by atoms with E-state index in [4.69, 9.17) is 5.11 Å². The minimum absolute atomic E-state index is 0.272. The number of rotatable bonds is 5. The Morgan fingerprint density at radius 2 is 2.22 bits per heavy atom. The van der Waals surface area contributed by atoms with Gasteiger partial charge in [-0.15, -0.1) is 11.8 Å². The van der Waals surface area contributed by atoms with Crippen LogP contribution in [0.15, 0.2) is 47.9 Å². The van der Waals surface area contributed by atoms with Crippen LogP contribution in [-0.4, -0.2) is 26.8 Å². The second kappa shape index (κ2) is 6.16. The van der Waals surface area contributed by atoms with Gasteiger partial charge >= 0.3 is 5.97 Å². The third kappa shape index (κ3) is 3.56. The zero-order valence-electron chi connectivity index (χ0n) is 9.61. The first-order valence-electron chi connectivity index (χ1n) is 5.47. The summed E-state index contributed by atoms with van der Waals surface area (Å²) < 4.78 is 0. The molecule has 4 nitrogen and oxygen atoms in total. The van der Waals surface area contributed by atoms with Gasteiger partial charge in [0, 0.05) is 24.3 Å². The van der Waals surface area contributed by atoms with Crippen LogP contribution < -0.4 is 0 Å². The van der Waals surface area contributed by atoms with Crippen molar-refractivity contribution in [1.82, 2.24) is 9.97 Å². The molecule has 0 saturated carbocycles. The highest BCUT2D eigenvalue weighted by molar-refractivity contribution is 7.99. The number of carboxylic acid groups (broad SMARTS) is 1. The summed E-state index contributed by atoms with van der Waals surface area (Å²) in [6.07, 6.45) is 5.99. The van der Waals surface area contributed by atoms with E-state index in [9.17, 15) is 4.79 Å². The van der Waals surface area contributed by atoms with Crippen molar-refractivity contribution in [2.45, 2.75) is 11.4 Å². The molecular formula is C13H12N2O2S. The van der Waals surface area contributed by atoms with Gasteiger partial charge in [0.25, 0.3) is 0 Å². The fourth-order valence-electron chi connectivity index (χ4n) is 1.44. The van der Waals surface area contributed by atoms with E-state index >= 15 is 0 Å². The second-order valence-electron chi connectivity index (χ2n) is 3.65. The molecule has 0 saturated heterocycles. The molecule has 0 aromatic carbocycles. The second-order valence-corrected chi connectivity index (χ2v) is 4.76. The largest absolute Gasteiger partial charge is 0.478 e. The molecule has 0 aliphatic rings. The highest BCUT2D eigenvalue weighted by Crippen LogP contribution is 2.17. The Balaban J connectivity index is 1.90. The number of hydrogen-bond donors (Lipinski definition) is 1. The lowest BCUT2D eigenvalue weighted by atomic mass is 10.2. The number of aromatic nitrogens is 2. The van der Waals surface area contributed by atoms with E-state index in [1.807, 2.05) is 18.3 Å². The van der Waals surface area contributed by atoms with Crippen molar-refractivity contribution in [2.75, 3.05) is 5.75 Å². The number of carboxylic acids is 1. The number of thioether (sulfide) groups is 1. The summed E-state index contributed by atoms with van der Waals surface area (Å²) in [4.78, 5) is 19.0. The zero-order valence-corrected chi connectivity index (χ0v) is 10.4. The van der Waals surface area contributed by atoms with Crippen LogP contribution in [0.3, 0.4) is 0 Å². The van der Waals surface area contributed by atoms with Crippen LogP contribution in [0.25, 0.3) is 0 Å². The molecule has 0 unspecified atom stereocenters. The van der Waals surface area contributed by atoms with Crippen molar-refractivity contribution in [3.63, 3.8) is 0 Å². The molecule has 92 valence electrons. The van der Waals surface area contributed by atoms with Gasteiger partial charge in [0.1, 0.15) is 0 Å². The average molecular weight is 260 g/mol. The fourth-order valence-corrected chi connectivity index (χ4v) is 2.33. The number of pyridine rings is 2. The van der Waals surface area contributed by atoms with Crippen LogP contribution >= 0.6 is 11.8 Å². The van der Waals surface area contributed by atoms with Crippen LogP contribution in [0.1, 0.15) is 15.9 Å². The minimum Gasteiger partial charge on any atom is -0.478 e. The number of nitrogens with zero attached hydrogens (tertiary/aromatic N) is 2. The van der Waals surface area contributed by atoms with Gasteiger partial charge in [-0.1, -0.05) is 6.07 Å². The Morgan fingerprint density at radius 3 is 2.94 bits per heavy atom. The van der Waals surface area contributed by atoms with Crippen molar-refractivity contribution in [3.8, 4) is 0 Å². The molecule has 2 aromatic rings. The predicted octanol–water partition coefficient (Wildman–Crippen LogP) is 2.51. The number of aromatic carboxylic acids is 1. The predicted molar refractivity (Wildman–Crippen MR) is 69.9 cm³/mol. The van der Waals surface area contributed by atoms with E-state index in [-0.39, 0.29) is 5.56 Å². The van der Waals surface area contributed by atoms with E-state index in [1.54, 1.807) is 24.0 Å². The SMILES string of the molecule is O=C(O)c1ccnc(SCCc2cccnc2)c1. The van der Waals surface area contributed by atoms with E-state index in [0.29, 0.717) is 0 Å². The van der Waals surface area contributed by atoms with Crippen LogP contribution in [0.5, 0.6) is 0 Å². The van der Waals surface area contributed by atoms with Crippen molar-refractivity contribution >= 4 is 17.7 Å². The molecule has 2 heterocycles. The average Bonchev–Trinajstić information content (AvgIpc) is 2.40. The molecule has 0 spiro atoms. The normalized spacial score (nSPS) is 10.2. The first kappa shape index (κ1) is 12.6. The number of carbonyl (C=O) groups is 1. The van der Waals surface area contributed by atoms with Crippen molar-refractivity contribution in [3.05, 3.63) is 54.0 Å². The summed E-state index contributed by atoms with van der Waals surface area (Å²) in [5.74, 6) is -0.0756. The summed E-state index contributed by atoms with van der Waals surface area (Å²) in [6.45, 7) is 0. The van der Waals surface area contributed by atoms with Crippen molar-refractivity contribution < 1.29 is 9.90 Å². The molecule has 0 fully saturated rings. The first-order chi connectivity index (χ1) is 8.75. The molecule has 0 bridgehead atoms. The lowest BCUT2D eigenvalue weighted by molar-refractivity contribution is 0.0696. The smallest absolute Gasteiger partial charge is 0.335 e. The molecule has 0 amide bonds. The van der Waals surface area contributed by atoms with Gasteiger partial charge in [-0.05, 0) is 30.2 Å². The maximum atomic E-state index is 10.8. The molecule has 2 rings (SSSR count). The lowest BCUT2D eigenvalue weighted by Gasteiger charge is -2.02. The highest BCUT2D eigenvalue weighted by atomic mass is 32.2. The topological polar surface area (TPSA) is 63.1 Å². The standard InChI is InChI=1S/C13H12N2O2S/c16-13(17)11-3-6-15-12(8-11)18-7-4-10-2-1-5-14-9-10/h1-3,5-6,8-9H,4,7H2,(H,16,17). The maximum Gasteiger partial charge on any atom is 0.335 e. The third-order valence-corrected chi connectivity index (χ3v) is 3.27. The molecule has 18 heavy (non-hydrogen) atoms. The molecular weight excluding hydrogens is 248 g/mol. The lowest BCUT2D eigenvalue weighted by Crippen LogP contribution is -1.97. The van der Waals surface area contributed by atoms with Crippen molar-refractivity contribution in [1.29, 1.82) is 0 Å². The summed E-state index contributed by atoms with van der Waals surface area (Å²) in [7, 11) is 0. The Labute approximate surface area is 109 Å². The van der Waals surface area contributed by atoms with Crippen LogP contribution in [0.2, 0.25) is 0 Å². The monoisotopic (exact) mass is 260 g/mol. The summed E-state index contributed by atoms with van der Waals surface area (Å²) in [5, 5.41) is 9.60. The van der Waals surface area contributed by atoms with Gasteiger partial charge in [-0.3, -0.25) is 4.98 Å². The Kier molecular flexibility index (Phi) is 4.30. The molecule has 5 heteroatoms. The zero-order chi connectivity index (χ0) is 12.8. The first-order valence-corrected chi connectivity index (χ1v) is 6.45. The van der Waals surface area contributed by atoms with Gasteiger partial charge in [-0.2, -0.15) is 0 Å². The minimum atomic E-state index is -0.925. The Hall–Kier alpha value is -1.88. The highest BCUT2D eigenvalue weighted by Gasteiger charge is 2.04.